The SMILES string of the molecule is CN(C)c1ccc2c(-c3ccc(C(=O)NCCCCC(NC(=O)c4ccc(/N=N/c5ncc(CC(N)C(=O)O)[nH]5)cc4)C(N)=O)cc3C(=O)O)c3ccc(=[N+](C)C)cc-3oc2c1. The summed E-state index contributed by atoms with van der Waals surface area (Å²) in [5.41, 5.74) is 15.7. The molecule has 18 heteroatoms. The average Bonchev–Trinajstić information content (AvgIpc) is 3.70. The fraction of sp³-hybridized carbons (Fsp3) is 0.250. The molecule has 0 saturated carbocycles. The van der Waals surface area contributed by atoms with Gasteiger partial charge in [-0.2, -0.15) is 0 Å². The Morgan fingerprint density at radius 3 is 2.29 bits per heavy atom. The van der Waals surface area contributed by atoms with E-state index in [0.717, 1.165) is 11.0 Å². The Morgan fingerprint density at radius 2 is 1.61 bits per heavy atom. The molecule has 0 saturated heterocycles. The van der Waals surface area contributed by atoms with Gasteiger partial charge in [0, 0.05) is 78.2 Å². The number of nitrogens with two attached hydrogens (primary N) is 2. The van der Waals surface area contributed by atoms with Crippen LogP contribution >= 0.6 is 0 Å². The van der Waals surface area contributed by atoms with Crippen molar-refractivity contribution < 1.29 is 38.6 Å². The number of anilines is 1. The molecule has 2 atom stereocenters. The van der Waals surface area contributed by atoms with E-state index >= 15 is 0 Å². The van der Waals surface area contributed by atoms with E-state index in [2.05, 4.69) is 30.8 Å². The first-order valence-corrected chi connectivity index (χ1v) is 19.6. The molecule has 3 aromatic carbocycles. The van der Waals surface area contributed by atoms with E-state index in [-0.39, 0.29) is 42.0 Å². The number of fused-ring (bicyclic) bond motifs is 2. The van der Waals surface area contributed by atoms with E-state index < -0.39 is 41.7 Å². The Kier molecular flexibility index (Phi) is 13.5. The van der Waals surface area contributed by atoms with Crippen LogP contribution in [0.1, 0.15) is 56.0 Å². The van der Waals surface area contributed by atoms with E-state index in [1.807, 2.05) is 74.1 Å². The van der Waals surface area contributed by atoms with Crippen LogP contribution in [-0.4, -0.2) is 96.7 Å². The predicted octanol–water partition coefficient (Wildman–Crippen LogP) is 4.28. The van der Waals surface area contributed by atoms with Gasteiger partial charge >= 0.3 is 11.9 Å². The number of aromatic nitrogens is 2. The van der Waals surface area contributed by atoms with Crippen LogP contribution in [0.15, 0.2) is 99.7 Å². The number of aromatic carboxylic acids is 1. The standard InChI is InChI=1S/C44H46N10O8/c1-53(2)28-13-16-31-36(21-28)62-37-22-29(54(3)4)14-17-32(37)38(31)30-15-10-25(19-33(30)42(58)59)40(56)47-18-6-5-7-35(39(46)55)50-41(57)24-8-11-26(12-9-24)51-52-44-48-23-27(49-44)20-34(45)43(60)61/h8-17,19,21-23,34-35H,5-7,18,20,45H2,1-4H3,(H6-,46,47,48,49,50,51,55,56,57,58,59,60,61)/p+1. The van der Waals surface area contributed by atoms with E-state index in [1.165, 1.54) is 24.4 Å². The number of unbranched alkanes of at least 4 members (excludes halogenated alkanes) is 1. The zero-order chi connectivity index (χ0) is 44.7. The van der Waals surface area contributed by atoms with Gasteiger partial charge in [-0.25, -0.2) is 14.4 Å². The van der Waals surface area contributed by atoms with Gasteiger partial charge in [-0.05, 0) is 79.4 Å². The number of primary amides is 1. The Bertz CT molecular complexity index is 2730. The molecule has 320 valence electrons. The molecule has 62 heavy (non-hydrogen) atoms. The van der Waals surface area contributed by atoms with Crippen LogP contribution in [0.5, 0.6) is 0 Å². The number of aromatic amines is 1. The zero-order valence-corrected chi connectivity index (χ0v) is 34.5. The summed E-state index contributed by atoms with van der Waals surface area (Å²) in [6.07, 6.45) is 2.53. The van der Waals surface area contributed by atoms with Crippen molar-refractivity contribution in [3.8, 4) is 22.5 Å². The quantitative estimate of drug-likeness (QED) is 0.0295. The van der Waals surface area contributed by atoms with Gasteiger partial charge in [0.25, 0.3) is 11.8 Å². The zero-order valence-electron chi connectivity index (χ0n) is 34.5. The number of carboxylic acids is 2. The maximum absolute atomic E-state index is 13.3. The maximum Gasteiger partial charge on any atom is 0.336 e. The Morgan fingerprint density at radius 1 is 0.887 bits per heavy atom. The van der Waals surface area contributed by atoms with E-state index in [0.29, 0.717) is 57.6 Å². The van der Waals surface area contributed by atoms with Crippen LogP contribution < -0.4 is 36.9 Å². The van der Waals surface area contributed by atoms with Crippen LogP contribution in [-0.2, 0) is 16.0 Å². The molecule has 9 N–H and O–H groups in total. The van der Waals surface area contributed by atoms with Crippen molar-refractivity contribution in [1.29, 1.82) is 0 Å². The highest BCUT2D eigenvalue weighted by molar-refractivity contribution is 6.09. The number of benzene rings is 4. The molecule has 1 aliphatic carbocycles. The topological polar surface area (TPSA) is 275 Å². The van der Waals surface area contributed by atoms with Gasteiger partial charge in [0.05, 0.1) is 23.5 Å². The number of H-pyrrole nitrogens is 1. The fourth-order valence-electron chi connectivity index (χ4n) is 6.71. The third-order valence-electron chi connectivity index (χ3n) is 10.1. The highest BCUT2D eigenvalue weighted by Gasteiger charge is 2.24. The number of hydrogen-bond donors (Lipinski definition) is 7. The van der Waals surface area contributed by atoms with Gasteiger partial charge in [-0.15, -0.1) is 10.2 Å². The molecule has 2 unspecified atom stereocenters. The second-order valence-electron chi connectivity index (χ2n) is 15.0. The summed E-state index contributed by atoms with van der Waals surface area (Å²) in [7, 11) is 7.69. The molecule has 0 radical (unpaired) electrons. The molecule has 0 fully saturated rings. The third kappa shape index (κ3) is 10.3. The lowest BCUT2D eigenvalue weighted by molar-refractivity contribution is -0.138. The van der Waals surface area contributed by atoms with Gasteiger partial charge in [0.1, 0.15) is 37.5 Å². The summed E-state index contributed by atoms with van der Waals surface area (Å²) in [5.74, 6) is -3.35. The largest absolute Gasteiger partial charge is 0.480 e. The first-order valence-electron chi connectivity index (χ1n) is 19.6. The number of nitrogens with one attached hydrogen (secondary N) is 3. The third-order valence-corrected chi connectivity index (χ3v) is 10.1. The number of azo groups is 1. The highest BCUT2D eigenvalue weighted by atomic mass is 16.4. The Labute approximate surface area is 355 Å². The number of aliphatic carboxylic acids is 1. The van der Waals surface area contributed by atoms with E-state index in [9.17, 15) is 29.1 Å². The predicted molar refractivity (Wildman–Crippen MR) is 232 cm³/mol. The van der Waals surface area contributed by atoms with Crippen molar-refractivity contribution in [1.82, 2.24) is 25.2 Å². The molecule has 4 aromatic rings. The number of carbonyl (C=O) groups excluding carboxylic acids is 3. The van der Waals surface area contributed by atoms with Crippen molar-refractivity contribution in [3.63, 3.8) is 0 Å². The fourth-order valence-corrected chi connectivity index (χ4v) is 6.71. The lowest BCUT2D eigenvalue weighted by Crippen LogP contribution is -2.44. The minimum absolute atomic E-state index is 0.0398. The summed E-state index contributed by atoms with van der Waals surface area (Å²) >= 11 is 0. The van der Waals surface area contributed by atoms with Crippen molar-refractivity contribution in [2.24, 2.45) is 21.7 Å². The molecule has 0 spiro atoms. The molecule has 3 amide bonds. The number of imidazole rings is 1. The summed E-state index contributed by atoms with van der Waals surface area (Å²) in [6.45, 7) is 0.214. The number of carboxylic acid groups (broad SMARTS) is 2. The second-order valence-corrected chi connectivity index (χ2v) is 15.0. The number of rotatable bonds is 17. The molecule has 1 aliphatic heterocycles. The summed E-state index contributed by atoms with van der Waals surface area (Å²) in [5, 5.41) is 34.5. The van der Waals surface area contributed by atoms with Gasteiger partial charge in [-0.3, -0.25) is 19.2 Å². The first-order chi connectivity index (χ1) is 29.6. The van der Waals surface area contributed by atoms with E-state index in [1.54, 1.807) is 24.3 Å². The monoisotopic (exact) mass is 843 g/mol. The lowest BCUT2D eigenvalue weighted by atomic mass is 9.89. The molecule has 6 rings (SSSR count). The molecule has 0 bridgehead atoms. The second kappa shape index (κ2) is 19.1. The maximum atomic E-state index is 13.3. The van der Waals surface area contributed by atoms with Crippen molar-refractivity contribution in [3.05, 3.63) is 113 Å². The highest BCUT2D eigenvalue weighted by Crippen LogP contribution is 2.42. The van der Waals surface area contributed by atoms with Crippen molar-refractivity contribution in [2.75, 3.05) is 39.6 Å². The lowest BCUT2D eigenvalue weighted by Gasteiger charge is -2.19. The van der Waals surface area contributed by atoms with Gasteiger partial charge in [-0.1, -0.05) is 6.07 Å². The minimum atomic E-state index is -1.20. The Balaban J connectivity index is 1.07. The van der Waals surface area contributed by atoms with Crippen molar-refractivity contribution in [2.45, 2.75) is 37.8 Å². The molecular weight excluding hydrogens is 797 g/mol. The molecule has 2 aliphatic rings. The number of nitrogens with zero attached hydrogens (tertiary/aromatic N) is 5. The summed E-state index contributed by atoms with van der Waals surface area (Å²) in [4.78, 5) is 71.1. The minimum Gasteiger partial charge on any atom is -0.480 e. The van der Waals surface area contributed by atoms with Crippen LogP contribution in [0.2, 0.25) is 0 Å². The smallest absolute Gasteiger partial charge is 0.336 e. The van der Waals surface area contributed by atoms with Crippen LogP contribution in [0.4, 0.5) is 17.3 Å². The number of amides is 3. The van der Waals surface area contributed by atoms with Crippen LogP contribution in [0.25, 0.3) is 33.4 Å². The molecule has 1 aromatic heterocycles. The normalized spacial score (nSPS) is 12.3. The van der Waals surface area contributed by atoms with Crippen LogP contribution in [0.3, 0.4) is 0 Å². The number of carbonyl (C=O) groups is 5. The molecule has 2 heterocycles. The van der Waals surface area contributed by atoms with Crippen LogP contribution in [0, 0.1) is 0 Å². The molecule has 18 nitrogen and oxygen atoms in total. The first kappa shape index (κ1) is 43.8. The Hall–Kier alpha value is -7.73. The molecular formula is C44H47N10O8+. The van der Waals surface area contributed by atoms with E-state index in [4.69, 9.17) is 21.0 Å². The summed E-state index contributed by atoms with van der Waals surface area (Å²) in [6, 6.07) is 20.1. The van der Waals surface area contributed by atoms with Gasteiger partial charge in [0.15, 0.2) is 0 Å². The van der Waals surface area contributed by atoms with Gasteiger partial charge in [0.2, 0.25) is 17.2 Å². The average molecular weight is 844 g/mol. The van der Waals surface area contributed by atoms with Gasteiger partial charge < -0.3 is 46.6 Å². The van der Waals surface area contributed by atoms with Crippen molar-refractivity contribution >= 4 is 58.0 Å². The number of hydrogen-bond acceptors (Lipinski definition) is 11. The summed E-state index contributed by atoms with van der Waals surface area (Å²) < 4.78 is 8.34.